The van der Waals surface area contributed by atoms with E-state index in [0.29, 0.717) is 23.1 Å². The van der Waals surface area contributed by atoms with Crippen molar-refractivity contribution in [3.63, 3.8) is 0 Å². The molecule has 3 aromatic carbocycles. The predicted octanol–water partition coefficient (Wildman–Crippen LogP) is 6.69. The number of rotatable bonds is 11. The summed E-state index contributed by atoms with van der Waals surface area (Å²) < 4.78 is 85.1. The Morgan fingerprint density at radius 3 is 2.47 bits per heavy atom. The number of ether oxygens (including phenoxy) is 4. The number of fused-ring (bicyclic) bond motifs is 1. The number of esters is 1. The lowest BCUT2D eigenvalue weighted by Crippen LogP contribution is -2.39. The number of ketones is 1. The van der Waals surface area contributed by atoms with Gasteiger partial charge in [-0.15, -0.1) is 4.99 Å². The normalized spacial score (nSPS) is 16.8. The molecule has 0 aliphatic carbocycles. The van der Waals surface area contributed by atoms with Crippen LogP contribution in [0.15, 0.2) is 78.2 Å². The number of carbonyl (C=O) groups excluding carboxylic acids is 5. The minimum atomic E-state index is -4.86. The van der Waals surface area contributed by atoms with E-state index in [0.717, 1.165) is 10.7 Å². The first-order valence-corrected chi connectivity index (χ1v) is 20.3. The molecular formula is C45H44F4N6O9. The summed E-state index contributed by atoms with van der Waals surface area (Å²) in [4.78, 5) is 67.9. The van der Waals surface area contributed by atoms with Gasteiger partial charge in [0.25, 0.3) is 0 Å². The van der Waals surface area contributed by atoms with Crippen molar-refractivity contribution < 1.29 is 60.5 Å². The molecule has 336 valence electrons. The summed E-state index contributed by atoms with van der Waals surface area (Å²) in [6, 6.07) is 13.2. The van der Waals surface area contributed by atoms with Crippen molar-refractivity contribution in [2.45, 2.75) is 77.7 Å². The van der Waals surface area contributed by atoms with Crippen molar-refractivity contribution in [1.82, 2.24) is 24.2 Å². The number of hydrogen-bond acceptors (Lipinski definition) is 10. The molecule has 0 saturated carbocycles. The van der Waals surface area contributed by atoms with E-state index in [1.807, 2.05) is 0 Å². The number of aromatic nitrogens is 4. The third-order valence-electron chi connectivity index (χ3n) is 10.4. The number of hydrogen-bond donors (Lipinski definition) is 1. The number of halogens is 4. The van der Waals surface area contributed by atoms with E-state index in [9.17, 15) is 37.1 Å². The number of piperidine rings is 1. The molecular weight excluding hydrogens is 845 g/mol. The fraction of sp³-hybridized carbons (Fsp3) is 0.356. The highest BCUT2D eigenvalue weighted by atomic mass is 19.4. The minimum Gasteiger partial charge on any atom is -0.491 e. The predicted molar refractivity (Wildman–Crippen MR) is 219 cm³/mol. The highest BCUT2D eigenvalue weighted by molar-refractivity contribution is 6.04. The molecule has 4 heterocycles. The lowest BCUT2D eigenvalue weighted by Gasteiger charge is -2.27. The third-order valence-corrected chi connectivity index (χ3v) is 10.4. The molecule has 2 aromatic heterocycles. The first kappa shape index (κ1) is 45.0. The Balaban J connectivity index is 1.13. The number of aryl methyl sites for hydroxylation is 2. The van der Waals surface area contributed by atoms with Crippen LogP contribution < -0.4 is 25.1 Å². The molecule has 7 rings (SSSR count). The fourth-order valence-electron chi connectivity index (χ4n) is 7.45. The minimum absolute atomic E-state index is 0.00382. The van der Waals surface area contributed by atoms with Crippen LogP contribution >= 0.6 is 0 Å². The van der Waals surface area contributed by atoms with Gasteiger partial charge in [0.05, 0.1) is 30.6 Å². The number of imidazole rings is 1. The molecule has 1 saturated heterocycles. The average Bonchev–Trinajstić information content (AvgIpc) is 3.82. The molecule has 0 spiro atoms. The summed E-state index contributed by atoms with van der Waals surface area (Å²) >= 11 is 0. The van der Waals surface area contributed by atoms with Gasteiger partial charge in [-0.05, 0) is 93.6 Å². The van der Waals surface area contributed by atoms with E-state index in [2.05, 4.69) is 15.4 Å². The second kappa shape index (κ2) is 18.0. The third kappa shape index (κ3) is 10.2. The number of nitrogens with one attached hydrogen (secondary N) is 1. The second-order valence-electron chi connectivity index (χ2n) is 16.4. The van der Waals surface area contributed by atoms with Crippen LogP contribution in [0.5, 0.6) is 17.2 Å². The molecule has 2 aliphatic rings. The molecule has 0 radical (unpaired) electrons. The fourth-order valence-corrected chi connectivity index (χ4v) is 7.45. The average molecular weight is 889 g/mol. The number of carbonyl (C=O) groups is 5. The van der Waals surface area contributed by atoms with Crippen molar-refractivity contribution >= 4 is 29.7 Å². The molecule has 19 heteroatoms. The molecule has 15 nitrogen and oxygen atoms in total. The van der Waals surface area contributed by atoms with Gasteiger partial charge in [0, 0.05) is 49.7 Å². The van der Waals surface area contributed by atoms with Crippen molar-refractivity contribution in [1.29, 1.82) is 0 Å². The summed E-state index contributed by atoms with van der Waals surface area (Å²) in [5, 5.41) is 6.07. The molecule has 1 fully saturated rings. The van der Waals surface area contributed by atoms with Crippen LogP contribution in [0.3, 0.4) is 0 Å². The van der Waals surface area contributed by atoms with E-state index in [-0.39, 0.29) is 72.3 Å². The van der Waals surface area contributed by atoms with Gasteiger partial charge in [-0.3, -0.25) is 24.4 Å². The van der Waals surface area contributed by atoms with Crippen LogP contribution in [0.25, 0.3) is 11.1 Å². The number of amides is 3. The van der Waals surface area contributed by atoms with Gasteiger partial charge in [-0.25, -0.2) is 14.0 Å². The van der Waals surface area contributed by atoms with Crippen LogP contribution in [0.2, 0.25) is 0 Å². The molecule has 0 bridgehead atoms. The van der Waals surface area contributed by atoms with Gasteiger partial charge < -0.3 is 28.1 Å². The van der Waals surface area contributed by atoms with Gasteiger partial charge in [-0.2, -0.15) is 18.3 Å². The summed E-state index contributed by atoms with van der Waals surface area (Å²) in [6.45, 7) is 5.93. The van der Waals surface area contributed by atoms with Crippen LogP contribution in [0.4, 0.5) is 22.4 Å². The van der Waals surface area contributed by atoms with Crippen molar-refractivity contribution in [3.05, 3.63) is 113 Å². The Morgan fingerprint density at radius 1 is 0.984 bits per heavy atom. The maximum Gasteiger partial charge on any atom is 0.437 e. The van der Waals surface area contributed by atoms with Crippen molar-refractivity contribution in [3.8, 4) is 28.4 Å². The maximum atomic E-state index is 15.0. The topological polar surface area (TPSA) is 174 Å². The van der Waals surface area contributed by atoms with Crippen LogP contribution in [-0.2, 0) is 51.9 Å². The van der Waals surface area contributed by atoms with Crippen LogP contribution in [-0.4, -0.2) is 67.4 Å². The van der Waals surface area contributed by atoms with Gasteiger partial charge in [0.1, 0.15) is 17.1 Å². The first-order chi connectivity index (χ1) is 30.3. The smallest absolute Gasteiger partial charge is 0.437 e. The summed E-state index contributed by atoms with van der Waals surface area (Å²) in [7, 11) is 1.65. The van der Waals surface area contributed by atoms with Crippen LogP contribution in [0, 0.1) is 11.7 Å². The number of benzene rings is 3. The SMILES string of the molecule is CCn1cc(-c2cc(Cn3ccn(C)c3=NC(=O)OC(C)(C)C)cc3c2OCC(Cc2ccc(F)c(OC(=O)COc4cccc(C5CCC(=O)NC5=O)c4)c2)C3=O)c(C(F)(F)F)n1. The van der Waals surface area contributed by atoms with Crippen LogP contribution in [0.1, 0.15) is 79.2 Å². The van der Waals surface area contributed by atoms with Gasteiger partial charge in [0.15, 0.2) is 29.7 Å². The van der Waals surface area contributed by atoms with E-state index in [4.69, 9.17) is 18.9 Å². The first-order valence-electron chi connectivity index (χ1n) is 20.3. The van der Waals surface area contributed by atoms with Crippen molar-refractivity contribution in [2.24, 2.45) is 18.0 Å². The van der Waals surface area contributed by atoms with E-state index >= 15 is 4.39 Å². The maximum absolute atomic E-state index is 15.0. The molecule has 5 aromatic rings. The summed E-state index contributed by atoms with van der Waals surface area (Å²) in [6.07, 6.45) is -0.753. The molecule has 2 atom stereocenters. The number of Topliss-reactive ketones (excluding diaryl/α,β-unsaturated/α-hetero) is 1. The molecule has 64 heavy (non-hydrogen) atoms. The Kier molecular flexibility index (Phi) is 12.6. The molecule has 2 unspecified atom stereocenters. The second-order valence-corrected chi connectivity index (χ2v) is 16.4. The molecule has 2 aliphatic heterocycles. The Morgan fingerprint density at radius 2 is 1.75 bits per heavy atom. The monoisotopic (exact) mass is 888 g/mol. The zero-order chi connectivity index (χ0) is 46.1. The standard InChI is InChI=1S/C45H44F4N6O9/c1-6-55-22-33(40(52-55)45(47,48)49)31-17-26(21-54-15-14-53(5)42(54)51-43(60)64-44(2,3)4)18-32-38(58)28(23-62-39(31)32)16-25-10-12-34(46)35(19-25)63-37(57)24-61-29-9-7-8-27(20-29)30-11-13-36(56)50-41(30)59/h7-10,12,14-15,17-20,22,28,30H,6,11,13,16,21,23-24H2,1-5H3,(H,50,56,59). The molecule has 3 amide bonds. The zero-order valence-corrected chi connectivity index (χ0v) is 35.5. The number of alkyl halides is 3. The Hall–Kier alpha value is -7.05. The quantitative estimate of drug-likeness (QED) is 0.0652. The Labute approximate surface area is 363 Å². The molecule has 1 N–H and O–H groups in total. The highest BCUT2D eigenvalue weighted by Gasteiger charge is 2.40. The number of nitrogens with zero attached hydrogens (tertiary/aromatic N) is 5. The summed E-state index contributed by atoms with van der Waals surface area (Å²) in [5.74, 6) is -4.81. The van der Waals surface area contributed by atoms with Gasteiger partial charge in [0.2, 0.25) is 17.4 Å². The van der Waals surface area contributed by atoms with Gasteiger partial charge in [-0.1, -0.05) is 18.2 Å². The lowest BCUT2D eigenvalue weighted by molar-refractivity contribution is -0.141. The van der Waals surface area contributed by atoms with E-state index in [1.54, 1.807) is 80.5 Å². The number of imide groups is 1. The highest BCUT2D eigenvalue weighted by Crippen LogP contribution is 2.44. The van der Waals surface area contributed by atoms with E-state index < -0.39 is 71.2 Å². The lowest BCUT2D eigenvalue weighted by atomic mass is 9.86. The largest absolute Gasteiger partial charge is 0.491 e. The zero-order valence-electron chi connectivity index (χ0n) is 35.5. The Bertz CT molecular complexity index is 2730. The van der Waals surface area contributed by atoms with Crippen molar-refractivity contribution in [2.75, 3.05) is 13.2 Å². The summed E-state index contributed by atoms with van der Waals surface area (Å²) in [5.41, 5.74) is -0.799. The van der Waals surface area contributed by atoms with Gasteiger partial charge >= 0.3 is 18.2 Å². The van der Waals surface area contributed by atoms with E-state index in [1.165, 1.54) is 30.5 Å².